The van der Waals surface area contributed by atoms with E-state index in [4.69, 9.17) is 11.6 Å². The molecule has 3 nitrogen and oxygen atoms in total. The lowest BCUT2D eigenvalue weighted by Gasteiger charge is -2.22. The summed E-state index contributed by atoms with van der Waals surface area (Å²) >= 11 is 7.45. The number of benzene rings is 1. The predicted molar refractivity (Wildman–Crippen MR) is 77.9 cm³/mol. The molecule has 6 heteroatoms. The van der Waals surface area contributed by atoms with E-state index in [9.17, 15) is 14.3 Å². The van der Waals surface area contributed by atoms with Crippen LogP contribution in [-0.2, 0) is 0 Å². The van der Waals surface area contributed by atoms with Gasteiger partial charge in [0.15, 0.2) is 0 Å². The van der Waals surface area contributed by atoms with Crippen molar-refractivity contribution in [1.29, 1.82) is 0 Å². The molecule has 0 bridgehead atoms. The molecule has 1 N–H and O–H groups in total. The number of carbonyl (C=O) groups is 1. The van der Waals surface area contributed by atoms with Gasteiger partial charge in [-0.05, 0) is 31.0 Å². The van der Waals surface area contributed by atoms with Crippen LogP contribution < -0.4 is 0 Å². The van der Waals surface area contributed by atoms with Crippen molar-refractivity contribution in [2.24, 2.45) is 0 Å². The van der Waals surface area contributed by atoms with Gasteiger partial charge >= 0.3 is 0 Å². The van der Waals surface area contributed by atoms with Crippen LogP contribution in [0.15, 0.2) is 18.2 Å². The second-order valence-corrected chi connectivity index (χ2v) is 6.29. The quantitative estimate of drug-likeness (QED) is 0.924. The van der Waals surface area contributed by atoms with Crippen LogP contribution >= 0.6 is 22.9 Å². The molecule has 1 saturated heterocycles. The highest BCUT2D eigenvalue weighted by Crippen LogP contribution is 2.37. The molecule has 1 aliphatic rings. The number of nitrogens with zero attached hydrogens (tertiary/aromatic N) is 1. The molecule has 2 heterocycles. The van der Waals surface area contributed by atoms with Gasteiger partial charge in [0.1, 0.15) is 10.7 Å². The van der Waals surface area contributed by atoms with Crippen molar-refractivity contribution in [1.82, 2.24) is 4.90 Å². The van der Waals surface area contributed by atoms with Crippen LogP contribution in [0, 0.1) is 5.82 Å². The van der Waals surface area contributed by atoms with Gasteiger partial charge in [-0.3, -0.25) is 4.79 Å². The Bertz CT molecular complexity index is 672. The number of aliphatic hydroxyl groups excluding tert-OH is 1. The molecule has 1 unspecified atom stereocenters. The lowest BCUT2D eigenvalue weighted by molar-refractivity contribution is 0.0682. The van der Waals surface area contributed by atoms with E-state index in [1.165, 1.54) is 23.5 Å². The number of amides is 1. The summed E-state index contributed by atoms with van der Waals surface area (Å²) < 4.78 is 13.9. The molecule has 3 rings (SSSR count). The fraction of sp³-hybridized carbons (Fsp3) is 0.357. The Morgan fingerprint density at radius 2 is 2.35 bits per heavy atom. The molecule has 1 fully saturated rings. The number of halogens is 2. The third kappa shape index (κ3) is 2.20. The maximum absolute atomic E-state index is 13.2. The van der Waals surface area contributed by atoms with Crippen LogP contribution in [-0.4, -0.2) is 35.1 Å². The summed E-state index contributed by atoms with van der Waals surface area (Å²) in [6.07, 6.45) is 1.69. The van der Waals surface area contributed by atoms with Crippen molar-refractivity contribution >= 4 is 38.9 Å². The Balaban J connectivity index is 2.01. The average Bonchev–Trinajstić information content (AvgIpc) is 3.02. The van der Waals surface area contributed by atoms with Gasteiger partial charge in [0.2, 0.25) is 0 Å². The van der Waals surface area contributed by atoms with Crippen LogP contribution in [0.3, 0.4) is 0 Å². The van der Waals surface area contributed by atoms with Crippen LogP contribution in [0.5, 0.6) is 0 Å². The van der Waals surface area contributed by atoms with Gasteiger partial charge in [-0.15, -0.1) is 11.3 Å². The molecule has 1 amide bonds. The summed E-state index contributed by atoms with van der Waals surface area (Å²) in [5, 5.41) is 10.4. The SMILES string of the molecule is O=C(c1sc2cc(F)ccc2c1Cl)N1CCCC1CO. The summed E-state index contributed by atoms with van der Waals surface area (Å²) in [7, 11) is 0. The highest BCUT2D eigenvalue weighted by Gasteiger charge is 2.31. The van der Waals surface area contributed by atoms with Crippen LogP contribution in [0.1, 0.15) is 22.5 Å². The van der Waals surface area contributed by atoms with Crippen molar-refractivity contribution in [2.45, 2.75) is 18.9 Å². The molecule has 1 atom stereocenters. The molecule has 0 radical (unpaired) electrons. The van der Waals surface area contributed by atoms with Gasteiger partial charge in [-0.25, -0.2) is 4.39 Å². The molecule has 0 aliphatic carbocycles. The van der Waals surface area contributed by atoms with Crippen molar-refractivity contribution in [2.75, 3.05) is 13.2 Å². The van der Waals surface area contributed by atoms with Crippen LogP contribution in [0.4, 0.5) is 4.39 Å². The minimum absolute atomic E-state index is 0.0388. The summed E-state index contributed by atoms with van der Waals surface area (Å²) in [6.45, 7) is 0.589. The number of thiophene rings is 1. The highest BCUT2D eigenvalue weighted by atomic mass is 35.5. The number of hydrogen-bond acceptors (Lipinski definition) is 3. The molecule has 106 valence electrons. The van der Waals surface area contributed by atoms with Gasteiger partial charge in [0, 0.05) is 16.6 Å². The molecule has 1 aromatic carbocycles. The standard InChI is InChI=1S/C14H13ClFNO2S/c15-12-10-4-3-8(16)6-11(10)20-13(12)14(19)17-5-1-2-9(17)7-18/h3-4,6,9,18H,1-2,5,7H2. The van der Waals surface area contributed by atoms with E-state index in [2.05, 4.69) is 0 Å². The Morgan fingerprint density at radius 1 is 1.55 bits per heavy atom. The number of likely N-dealkylation sites (tertiary alicyclic amines) is 1. The first kappa shape index (κ1) is 13.8. The van der Waals surface area contributed by atoms with E-state index in [0.717, 1.165) is 12.8 Å². The Morgan fingerprint density at radius 3 is 3.10 bits per heavy atom. The molecule has 0 spiro atoms. The van der Waals surface area contributed by atoms with E-state index < -0.39 is 0 Å². The largest absolute Gasteiger partial charge is 0.394 e. The van der Waals surface area contributed by atoms with E-state index >= 15 is 0 Å². The van der Waals surface area contributed by atoms with E-state index in [0.29, 0.717) is 26.5 Å². The van der Waals surface area contributed by atoms with Gasteiger partial charge in [-0.1, -0.05) is 11.6 Å². The fourth-order valence-electron chi connectivity index (χ4n) is 2.60. The third-order valence-electron chi connectivity index (χ3n) is 3.63. The summed E-state index contributed by atoms with van der Waals surface area (Å²) in [5.41, 5.74) is 0. The smallest absolute Gasteiger partial charge is 0.265 e. The summed E-state index contributed by atoms with van der Waals surface area (Å²) in [6, 6.07) is 4.17. The normalized spacial score (nSPS) is 18.9. The molecule has 1 aromatic heterocycles. The lowest BCUT2D eigenvalue weighted by atomic mass is 10.2. The zero-order chi connectivity index (χ0) is 14.3. The summed E-state index contributed by atoms with van der Waals surface area (Å²) in [4.78, 5) is 14.6. The minimum Gasteiger partial charge on any atom is -0.394 e. The third-order valence-corrected chi connectivity index (χ3v) is 5.28. The van der Waals surface area contributed by atoms with E-state index in [-0.39, 0.29) is 24.4 Å². The average molecular weight is 314 g/mol. The Kier molecular flexibility index (Phi) is 3.67. The maximum atomic E-state index is 13.2. The molecular formula is C14H13ClFNO2S. The van der Waals surface area contributed by atoms with Gasteiger partial charge in [0.25, 0.3) is 5.91 Å². The van der Waals surface area contributed by atoms with Crippen LogP contribution in [0.25, 0.3) is 10.1 Å². The Labute approximate surface area is 124 Å². The number of carbonyl (C=O) groups excluding carboxylic acids is 1. The number of fused-ring (bicyclic) bond motifs is 1. The van der Waals surface area contributed by atoms with E-state index in [1.54, 1.807) is 11.0 Å². The molecule has 0 saturated carbocycles. The molecule has 20 heavy (non-hydrogen) atoms. The maximum Gasteiger partial charge on any atom is 0.265 e. The first-order valence-electron chi connectivity index (χ1n) is 6.41. The van der Waals surface area contributed by atoms with E-state index in [1.807, 2.05) is 0 Å². The van der Waals surface area contributed by atoms with Gasteiger partial charge in [-0.2, -0.15) is 0 Å². The lowest BCUT2D eigenvalue weighted by Crippen LogP contribution is -2.37. The molecular weight excluding hydrogens is 301 g/mol. The van der Waals surface area contributed by atoms with Gasteiger partial charge < -0.3 is 10.0 Å². The first-order chi connectivity index (χ1) is 9.61. The second kappa shape index (κ2) is 5.31. The summed E-state index contributed by atoms with van der Waals surface area (Å²) in [5.74, 6) is -0.517. The monoisotopic (exact) mass is 313 g/mol. The van der Waals surface area contributed by atoms with Crippen molar-refractivity contribution in [3.8, 4) is 0 Å². The zero-order valence-corrected chi connectivity index (χ0v) is 12.2. The Hall–Kier alpha value is -1.17. The topological polar surface area (TPSA) is 40.5 Å². The predicted octanol–water partition coefficient (Wildman–Crippen LogP) is 3.29. The van der Waals surface area contributed by atoms with Crippen molar-refractivity contribution < 1.29 is 14.3 Å². The number of aliphatic hydroxyl groups is 1. The highest BCUT2D eigenvalue weighted by molar-refractivity contribution is 7.21. The van der Waals surface area contributed by atoms with Crippen molar-refractivity contribution in [3.05, 3.63) is 33.9 Å². The second-order valence-electron chi connectivity index (χ2n) is 4.86. The fourth-order valence-corrected chi connectivity index (χ4v) is 4.09. The first-order valence-corrected chi connectivity index (χ1v) is 7.60. The molecule has 2 aromatic rings. The van der Waals surface area contributed by atoms with Gasteiger partial charge in [0.05, 0.1) is 17.7 Å². The number of hydrogen-bond donors (Lipinski definition) is 1. The van der Waals surface area contributed by atoms with Crippen molar-refractivity contribution in [3.63, 3.8) is 0 Å². The van der Waals surface area contributed by atoms with Crippen LogP contribution in [0.2, 0.25) is 5.02 Å². The minimum atomic E-state index is -0.344. The molecule has 1 aliphatic heterocycles. The zero-order valence-electron chi connectivity index (χ0n) is 10.6. The number of rotatable bonds is 2.